The molecule has 0 saturated heterocycles. The molecule has 26 heavy (non-hydrogen) atoms. The van der Waals surface area contributed by atoms with Crippen LogP contribution in [0.3, 0.4) is 0 Å². The molecule has 1 amide bonds. The van der Waals surface area contributed by atoms with Gasteiger partial charge in [0.2, 0.25) is 15.9 Å². The van der Waals surface area contributed by atoms with Crippen molar-refractivity contribution in [3.05, 3.63) is 53.1 Å². The molecule has 0 aliphatic rings. The molecule has 6 nitrogen and oxygen atoms in total. The molecular formula is C18H21ClN2O4S. The van der Waals surface area contributed by atoms with E-state index in [0.717, 1.165) is 4.31 Å². The Labute approximate surface area is 158 Å². The van der Waals surface area contributed by atoms with Crippen LogP contribution in [-0.2, 0) is 14.8 Å². The summed E-state index contributed by atoms with van der Waals surface area (Å²) in [5.74, 6) is 0.161. The first-order chi connectivity index (χ1) is 12.3. The summed E-state index contributed by atoms with van der Waals surface area (Å²) in [5, 5.41) is 3.13. The lowest BCUT2D eigenvalue weighted by Crippen LogP contribution is -2.37. The number of halogens is 1. The summed E-state index contributed by atoms with van der Waals surface area (Å²) < 4.78 is 32.0. The number of carbonyl (C=O) groups is 1. The number of anilines is 1. The highest BCUT2D eigenvalue weighted by atomic mass is 35.5. The van der Waals surface area contributed by atoms with Crippen molar-refractivity contribution in [2.45, 2.75) is 18.7 Å². The van der Waals surface area contributed by atoms with Crippen LogP contribution in [0, 0.1) is 6.92 Å². The smallest absolute Gasteiger partial charge is 0.243 e. The van der Waals surface area contributed by atoms with E-state index in [-0.39, 0.29) is 18.0 Å². The lowest BCUT2D eigenvalue weighted by molar-refractivity contribution is -0.116. The Morgan fingerprint density at radius 1 is 1.23 bits per heavy atom. The topological polar surface area (TPSA) is 75.7 Å². The van der Waals surface area contributed by atoms with Crippen molar-refractivity contribution in [3.63, 3.8) is 0 Å². The number of hydrogen-bond acceptors (Lipinski definition) is 4. The van der Waals surface area contributed by atoms with Crippen LogP contribution in [0.15, 0.2) is 47.4 Å². The van der Waals surface area contributed by atoms with E-state index in [2.05, 4.69) is 5.32 Å². The molecule has 0 radical (unpaired) electrons. The Morgan fingerprint density at radius 3 is 2.54 bits per heavy atom. The van der Waals surface area contributed by atoms with Gasteiger partial charge >= 0.3 is 0 Å². The van der Waals surface area contributed by atoms with Crippen molar-refractivity contribution in [2.24, 2.45) is 0 Å². The Balaban J connectivity index is 2.18. The number of aryl methyl sites for hydroxylation is 1. The second kappa shape index (κ2) is 8.53. The molecule has 0 bridgehead atoms. The van der Waals surface area contributed by atoms with E-state index in [0.29, 0.717) is 22.0 Å². The maximum absolute atomic E-state index is 12.8. The van der Waals surface area contributed by atoms with Crippen LogP contribution in [-0.4, -0.2) is 38.8 Å². The minimum Gasteiger partial charge on any atom is -0.496 e. The highest BCUT2D eigenvalue weighted by molar-refractivity contribution is 7.89. The number of methoxy groups -OCH3 is 1. The third-order valence-electron chi connectivity index (χ3n) is 3.79. The van der Waals surface area contributed by atoms with Crippen molar-refractivity contribution in [1.82, 2.24) is 4.31 Å². The van der Waals surface area contributed by atoms with Gasteiger partial charge in [0.05, 0.1) is 18.6 Å². The summed E-state index contributed by atoms with van der Waals surface area (Å²) in [6.07, 6.45) is 0. The van der Waals surface area contributed by atoms with Crippen molar-refractivity contribution in [2.75, 3.05) is 25.5 Å². The molecule has 2 rings (SSSR count). The first kappa shape index (κ1) is 20.2. The summed E-state index contributed by atoms with van der Waals surface area (Å²) in [6.45, 7) is 3.31. The van der Waals surface area contributed by atoms with Gasteiger partial charge in [0.1, 0.15) is 5.75 Å². The number of nitrogens with zero attached hydrogens (tertiary/aromatic N) is 1. The summed E-state index contributed by atoms with van der Waals surface area (Å²) in [4.78, 5) is 12.4. The van der Waals surface area contributed by atoms with Gasteiger partial charge in [0.25, 0.3) is 0 Å². The normalized spacial score (nSPS) is 11.4. The van der Waals surface area contributed by atoms with Gasteiger partial charge in [-0.2, -0.15) is 4.31 Å². The standard InChI is InChI=1S/C18H21ClN2O4S/c1-4-21(12-18(22)20-15-7-5-6-14(19)11-15)26(23,24)16-8-9-17(25-3)13(2)10-16/h5-11H,4,12H2,1-3H3,(H,20,22). The molecule has 8 heteroatoms. The van der Waals surface area contributed by atoms with Crippen LogP contribution in [0.5, 0.6) is 5.75 Å². The van der Waals surface area contributed by atoms with Crippen LogP contribution >= 0.6 is 11.6 Å². The second-order valence-corrected chi connectivity index (χ2v) is 8.00. The maximum atomic E-state index is 12.8. The fourth-order valence-electron chi connectivity index (χ4n) is 2.45. The average molecular weight is 397 g/mol. The molecule has 0 fully saturated rings. The highest BCUT2D eigenvalue weighted by Gasteiger charge is 2.26. The van der Waals surface area contributed by atoms with E-state index in [9.17, 15) is 13.2 Å². The molecule has 0 aliphatic heterocycles. The third kappa shape index (κ3) is 4.75. The van der Waals surface area contributed by atoms with E-state index >= 15 is 0 Å². The van der Waals surface area contributed by atoms with Crippen molar-refractivity contribution < 1.29 is 17.9 Å². The fraction of sp³-hybridized carbons (Fsp3) is 0.278. The number of ether oxygens (including phenoxy) is 1. The average Bonchev–Trinajstić information content (AvgIpc) is 2.59. The van der Waals surface area contributed by atoms with Crippen LogP contribution in [0.1, 0.15) is 12.5 Å². The van der Waals surface area contributed by atoms with Gasteiger partial charge in [-0.3, -0.25) is 4.79 Å². The van der Waals surface area contributed by atoms with E-state index in [1.165, 1.54) is 19.2 Å². The summed E-state index contributed by atoms with van der Waals surface area (Å²) in [6, 6.07) is 11.3. The van der Waals surface area contributed by atoms with Gasteiger partial charge in [0, 0.05) is 17.3 Å². The zero-order valence-corrected chi connectivity index (χ0v) is 16.4. The molecule has 1 N–H and O–H groups in total. The van der Waals surface area contributed by atoms with Crippen molar-refractivity contribution in [3.8, 4) is 5.75 Å². The molecule has 0 spiro atoms. The van der Waals surface area contributed by atoms with E-state index in [4.69, 9.17) is 16.3 Å². The van der Waals surface area contributed by atoms with Crippen LogP contribution < -0.4 is 10.1 Å². The van der Waals surface area contributed by atoms with E-state index in [1.807, 2.05) is 0 Å². The fourth-order valence-corrected chi connectivity index (χ4v) is 4.14. The first-order valence-corrected chi connectivity index (χ1v) is 9.80. The second-order valence-electron chi connectivity index (χ2n) is 5.62. The number of benzene rings is 2. The number of sulfonamides is 1. The predicted octanol–water partition coefficient (Wildman–Crippen LogP) is 3.31. The number of nitrogens with one attached hydrogen (secondary N) is 1. The van der Waals surface area contributed by atoms with Crippen molar-refractivity contribution >= 4 is 33.2 Å². The summed E-state index contributed by atoms with van der Waals surface area (Å²) >= 11 is 5.89. The number of amides is 1. The lowest BCUT2D eigenvalue weighted by Gasteiger charge is -2.20. The molecular weight excluding hydrogens is 376 g/mol. The minimum atomic E-state index is -3.80. The zero-order valence-electron chi connectivity index (χ0n) is 14.8. The number of rotatable bonds is 7. The maximum Gasteiger partial charge on any atom is 0.243 e. The van der Waals surface area contributed by atoms with Crippen LogP contribution in [0.4, 0.5) is 5.69 Å². The molecule has 0 saturated carbocycles. The Kier molecular flexibility index (Phi) is 6.63. The monoisotopic (exact) mass is 396 g/mol. The molecule has 140 valence electrons. The van der Waals surface area contributed by atoms with Gasteiger partial charge in [-0.25, -0.2) is 8.42 Å². The van der Waals surface area contributed by atoms with Gasteiger partial charge in [0.15, 0.2) is 0 Å². The third-order valence-corrected chi connectivity index (χ3v) is 5.94. The van der Waals surface area contributed by atoms with E-state index < -0.39 is 15.9 Å². The Morgan fingerprint density at radius 2 is 1.96 bits per heavy atom. The summed E-state index contributed by atoms with van der Waals surface area (Å²) in [5.41, 5.74) is 1.21. The van der Waals surface area contributed by atoms with Gasteiger partial charge in [-0.05, 0) is 48.9 Å². The quantitative estimate of drug-likeness (QED) is 0.779. The number of carbonyl (C=O) groups excluding carboxylic acids is 1. The Hall–Kier alpha value is -2.09. The molecule has 2 aromatic rings. The molecule has 0 aromatic heterocycles. The number of hydrogen-bond donors (Lipinski definition) is 1. The highest BCUT2D eigenvalue weighted by Crippen LogP contribution is 2.24. The Bertz CT molecular complexity index is 900. The molecule has 0 aliphatic carbocycles. The molecule has 0 unspecified atom stereocenters. The van der Waals surface area contributed by atoms with Crippen LogP contribution in [0.25, 0.3) is 0 Å². The largest absolute Gasteiger partial charge is 0.496 e. The van der Waals surface area contributed by atoms with Crippen molar-refractivity contribution in [1.29, 1.82) is 0 Å². The summed E-state index contributed by atoms with van der Waals surface area (Å²) in [7, 11) is -2.28. The molecule has 2 aromatic carbocycles. The molecule has 0 heterocycles. The first-order valence-electron chi connectivity index (χ1n) is 7.98. The van der Waals surface area contributed by atoms with Gasteiger partial charge in [-0.15, -0.1) is 0 Å². The zero-order chi connectivity index (χ0) is 19.3. The van der Waals surface area contributed by atoms with Crippen LogP contribution in [0.2, 0.25) is 5.02 Å². The number of likely N-dealkylation sites (N-methyl/N-ethyl adjacent to an activating group) is 1. The predicted molar refractivity (Wildman–Crippen MR) is 102 cm³/mol. The SMILES string of the molecule is CCN(CC(=O)Nc1cccc(Cl)c1)S(=O)(=O)c1ccc(OC)c(C)c1. The lowest BCUT2D eigenvalue weighted by atomic mass is 10.2. The minimum absolute atomic E-state index is 0.119. The van der Waals surface area contributed by atoms with Gasteiger partial charge in [-0.1, -0.05) is 24.6 Å². The molecule has 0 atom stereocenters. The van der Waals surface area contributed by atoms with Gasteiger partial charge < -0.3 is 10.1 Å². The van der Waals surface area contributed by atoms with E-state index in [1.54, 1.807) is 44.2 Å².